The Labute approximate surface area is 112 Å². The maximum absolute atomic E-state index is 12.1. The number of piperidine rings is 1. The topological polar surface area (TPSA) is 69.6 Å². The fraction of sp³-hybridized carbons (Fsp3) is 0.429. The van der Waals surface area contributed by atoms with Crippen molar-refractivity contribution in [2.45, 2.75) is 32.2 Å². The van der Waals surface area contributed by atoms with Crippen molar-refractivity contribution in [1.29, 1.82) is 0 Å². The molecule has 1 saturated heterocycles. The zero-order valence-corrected chi connectivity index (χ0v) is 10.9. The van der Waals surface area contributed by atoms with Gasteiger partial charge in [-0.1, -0.05) is 12.1 Å². The molecule has 0 aliphatic carbocycles. The monoisotopic (exact) mass is 262 g/mol. The van der Waals surface area contributed by atoms with E-state index in [4.69, 9.17) is 0 Å². The number of nitrogens with zero attached hydrogens (tertiary/aromatic N) is 1. The second-order valence-electron chi connectivity index (χ2n) is 4.81. The molecule has 2 N–H and O–H groups in total. The van der Waals surface area contributed by atoms with Crippen LogP contribution < -0.4 is 5.32 Å². The number of benzene rings is 1. The molecule has 102 valence electrons. The number of rotatable bonds is 1. The van der Waals surface area contributed by atoms with Crippen molar-refractivity contribution in [3.05, 3.63) is 24.3 Å². The van der Waals surface area contributed by atoms with Crippen molar-refractivity contribution in [1.82, 2.24) is 4.90 Å². The molecule has 1 unspecified atom stereocenters. The number of hydrogen-bond donors (Lipinski definition) is 2. The van der Waals surface area contributed by atoms with Crippen LogP contribution in [0.5, 0.6) is 5.75 Å². The third-order valence-corrected chi connectivity index (χ3v) is 3.41. The van der Waals surface area contributed by atoms with Crippen molar-refractivity contribution < 1.29 is 14.7 Å². The Morgan fingerprint density at radius 3 is 2.74 bits per heavy atom. The molecule has 1 fully saturated rings. The van der Waals surface area contributed by atoms with E-state index in [2.05, 4.69) is 5.32 Å². The highest BCUT2D eigenvalue weighted by Crippen LogP contribution is 2.22. The molecule has 0 bridgehead atoms. The second-order valence-corrected chi connectivity index (χ2v) is 4.81. The summed E-state index contributed by atoms with van der Waals surface area (Å²) in [6.07, 6.45) is 2.95. The van der Waals surface area contributed by atoms with Crippen molar-refractivity contribution >= 4 is 17.5 Å². The van der Waals surface area contributed by atoms with Gasteiger partial charge in [-0.25, -0.2) is 0 Å². The molecule has 5 heteroatoms. The molecule has 5 nitrogen and oxygen atoms in total. The average molecular weight is 262 g/mol. The Bertz CT molecular complexity index is 487. The Kier molecular flexibility index (Phi) is 4.04. The lowest BCUT2D eigenvalue weighted by atomic mass is 10.0. The van der Waals surface area contributed by atoms with Gasteiger partial charge in [0.05, 0.1) is 5.69 Å². The van der Waals surface area contributed by atoms with Gasteiger partial charge in [0.25, 0.3) is 0 Å². The number of hydrogen-bond acceptors (Lipinski definition) is 3. The number of carbonyl (C=O) groups excluding carboxylic acids is 2. The first-order valence-electron chi connectivity index (χ1n) is 6.49. The van der Waals surface area contributed by atoms with Crippen LogP contribution in [0.15, 0.2) is 24.3 Å². The molecule has 2 amide bonds. The van der Waals surface area contributed by atoms with Crippen LogP contribution in [0.1, 0.15) is 26.2 Å². The van der Waals surface area contributed by atoms with Gasteiger partial charge in [0.2, 0.25) is 0 Å². The average Bonchev–Trinajstić information content (AvgIpc) is 2.41. The van der Waals surface area contributed by atoms with Crippen LogP contribution >= 0.6 is 0 Å². The molecule has 19 heavy (non-hydrogen) atoms. The number of anilines is 1. The Hall–Kier alpha value is -2.04. The van der Waals surface area contributed by atoms with Crippen LogP contribution in [0, 0.1) is 0 Å². The number of para-hydroxylation sites is 2. The third kappa shape index (κ3) is 3.05. The van der Waals surface area contributed by atoms with Crippen molar-refractivity contribution in [2.24, 2.45) is 0 Å². The van der Waals surface area contributed by atoms with E-state index in [0.717, 1.165) is 19.3 Å². The Morgan fingerprint density at radius 2 is 2.05 bits per heavy atom. The Morgan fingerprint density at radius 1 is 1.32 bits per heavy atom. The van der Waals surface area contributed by atoms with Crippen molar-refractivity contribution in [3.63, 3.8) is 0 Å². The van der Waals surface area contributed by atoms with Crippen LogP contribution in [0.3, 0.4) is 0 Å². The maximum Gasteiger partial charge on any atom is 0.314 e. The van der Waals surface area contributed by atoms with E-state index in [1.807, 2.05) is 6.92 Å². The summed E-state index contributed by atoms with van der Waals surface area (Å²) in [5.41, 5.74) is 0.255. The van der Waals surface area contributed by atoms with E-state index in [1.165, 1.54) is 6.07 Å². The minimum Gasteiger partial charge on any atom is -0.506 e. The molecule has 1 atom stereocenters. The number of aromatic hydroxyl groups is 1. The highest BCUT2D eigenvalue weighted by Gasteiger charge is 2.28. The van der Waals surface area contributed by atoms with E-state index < -0.39 is 11.8 Å². The molecule has 2 rings (SSSR count). The van der Waals surface area contributed by atoms with Gasteiger partial charge >= 0.3 is 11.8 Å². The van der Waals surface area contributed by atoms with E-state index in [0.29, 0.717) is 6.54 Å². The fourth-order valence-electron chi connectivity index (χ4n) is 2.29. The van der Waals surface area contributed by atoms with Gasteiger partial charge in [-0.3, -0.25) is 9.59 Å². The standard InChI is InChI=1S/C14H18N2O3/c1-10-6-4-5-9-16(10)14(19)13(18)15-11-7-2-3-8-12(11)17/h2-3,7-8,10,17H,4-6,9H2,1H3,(H,15,18). The van der Waals surface area contributed by atoms with E-state index in [9.17, 15) is 14.7 Å². The summed E-state index contributed by atoms with van der Waals surface area (Å²) in [4.78, 5) is 25.5. The molecule has 0 aromatic heterocycles. The molecule has 1 aliphatic heterocycles. The third-order valence-electron chi connectivity index (χ3n) is 3.41. The van der Waals surface area contributed by atoms with Crippen molar-refractivity contribution in [2.75, 3.05) is 11.9 Å². The van der Waals surface area contributed by atoms with Crippen LogP contribution in [0.2, 0.25) is 0 Å². The summed E-state index contributed by atoms with van der Waals surface area (Å²) in [6, 6.07) is 6.45. The van der Waals surface area contributed by atoms with Crippen LogP contribution in [-0.2, 0) is 9.59 Å². The number of likely N-dealkylation sites (tertiary alicyclic amines) is 1. The predicted octanol–water partition coefficient (Wildman–Crippen LogP) is 1.73. The van der Waals surface area contributed by atoms with Gasteiger partial charge < -0.3 is 15.3 Å². The largest absolute Gasteiger partial charge is 0.506 e. The second kappa shape index (κ2) is 5.73. The number of amides is 2. The first kappa shape index (κ1) is 13.4. The summed E-state index contributed by atoms with van der Waals surface area (Å²) in [6.45, 7) is 2.57. The van der Waals surface area contributed by atoms with Gasteiger partial charge in [-0.05, 0) is 38.3 Å². The lowest BCUT2D eigenvalue weighted by Crippen LogP contribution is -2.47. The lowest BCUT2D eigenvalue weighted by Gasteiger charge is -2.32. The summed E-state index contributed by atoms with van der Waals surface area (Å²) >= 11 is 0. The number of nitrogens with one attached hydrogen (secondary N) is 1. The first-order valence-corrected chi connectivity index (χ1v) is 6.49. The zero-order valence-electron chi connectivity index (χ0n) is 10.9. The minimum absolute atomic E-state index is 0.0460. The molecular weight excluding hydrogens is 244 g/mol. The van der Waals surface area contributed by atoms with Crippen molar-refractivity contribution in [3.8, 4) is 5.75 Å². The summed E-state index contributed by atoms with van der Waals surface area (Å²) in [5.74, 6) is -1.28. The van der Waals surface area contributed by atoms with Gasteiger partial charge in [0.1, 0.15) is 5.75 Å². The molecule has 0 saturated carbocycles. The molecule has 1 heterocycles. The highest BCUT2D eigenvalue weighted by atomic mass is 16.3. The molecule has 0 spiro atoms. The Balaban J connectivity index is 2.03. The molecule has 0 radical (unpaired) electrons. The van der Waals surface area contributed by atoms with Gasteiger partial charge in [0, 0.05) is 12.6 Å². The first-order chi connectivity index (χ1) is 9.09. The minimum atomic E-state index is -0.699. The predicted molar refractivity (Wildman–Crippen MR) is 71.8 cm³/mol. The maximum atomic E-state index is 12.1. The van der Waals surface area contributed by atoms with Gasteiger partial charge in [-0.2, -0.15) is 0 Å². The zero-order chi connectivity index (χ0) is 13.8. The van der Waals surface area contributed by atoms with Crippen LogP contribution in [-0.4, -0.2) is 34.4 Å². The van der Waals surface area contributed by atoms with E-state index in [1.54, 1.807) is 23.1 Å². The molecule has 1 aromatic carbocycles. The number of phenols is 1. The fourth-order valence-corrected chi connectivity index (χ4v) is 2.29. The molecular formula is C14H18N2O3. The number of phenolic OH excluding ortho intramolecular Hbond substituents is 1. The van der Waals surface area contributed by atoms with Gasteiger partial charge in [0.15, 0.2) is 0 Å². The molecule has 1 aromatic rings. The summed E-state index contributed by atoms with van der Waals surface area (Å²) < 4.78 is 0. The highest BCUT2D eigenvalue weighted by molar-refractivity contribution is 6.39. The van der Waals surface area contributed by atoms with E-state index in [-0.39, 0.29) is 17.5 Å². The summed E-state index contributed by atoms with van der Waals surface area (Å²) in [5, 5.41) is 12.0. The van der Waals surface area contributed by atoms with Crippen LogP contribution in [0.4, 0.5) is 5.69 Å². The smallest absolute Gasteiger partial charge is 0.314 e. The van der Waals surface area contributed by atoms with Crippen LogP contribution in [0.25, 0.3) is 0 Å². The van der Waals surface area contributed by atoms with Gasteiger partial charge in [-0.15, -0.1) is 0 Å². The normalized spacial score (nSPS) is 19.0. The lowest BCUT2D eigenvalue weighted by molar-refractivity contribution is -0.145. The summed E-state index contributed by atoms with van der Waals surface area (Å²) in [7, 11) is 0. The quantitative estimate of drug-likeness (QED) is 0.598. The SMILES string of the molecule is CC1CCCCN1C(=O)C(=O)Nc1ccccc1O. The van der Waals surface area contributed by atoms with E-state index >= 15 is 0 Å². The number of carbonyl (C=O) groups is 2. The molecule has 1 aliphatic rings.